The van der Waals surface area contributed by atoms with Crippen LogP contribution in [0.3, 0.4) is 0 Å². The van der Waals surface area contributed by atoms with E-state index < -0.39 is 11.9 Å². The molecule has 8 heteroatoms. The highest BCUT2D eigenvalue weighted by atomic mass is 19.1. The van der Waals surface area contributed by atoms with Gasteiger partial charge in [-0.1, -0.05) is 20.8 Å². The van der Waals surface area contributed by atoms with Crippen molar-refractivity contribution in [3.8, 4) is 16.9 Å². The van der Waals surface area contributed by atoms with Crippen molar-refractivity contribution in [2.75, 3.05) is 40.0 Å². The number of aliphatic hydroxyl groups is 1. The lowest BCUT2D eigenvalue weighted by atomic mass is 9.97. The summed E-state index contributed by atoms with van der Waals surface area (Å²) in [6.45, 7) is 14.2. The average Bonchev–Trinajstić information content (AvgIpc) is 3.36. The van der Waals surface area contributed by atoms with Crippen LogP contribution >= 0.6 is 0 Å². The van der Waals surface area contributed by atoms with Crippen LogP contribution in [0.5, 0.6) is 5.75 Å². The van der Waals surface area contributed by atoms with Gasteiger partial charge in [0.2, 0.25) is 0 Å². The molecule has 1 amide bonds. The zero-order valence-electron chi connectivity index (χ0n) is 25.2. The second-order valence-electron chi connectivity index (χ2n) is 10.3. The third-order valence-electron chi connectivity index (χ3n) is 7.03. The molecular weight excluding hydrogens is 511 g/mol. The molecule has 0 aromatic heterocycles. The van der Waals surface area contributed by atoms with Crippen LogP contribution in [0.25, 0.3) is 11.1 Å². The normalized spacial score (nSPS) is 15.9. The minimum absolute atomic E-state index is 0.0139. The molecule has 1 aliphatic rings. The molecule has 0 spiro atoms. The molecule has 3 rings (SSSR count). The van der Waals surface area contributed by atoms with Gasteiger partial charge < -0.3 is 19.5 Å². The van der Waals surface area contributed by atoms with Gasteiger partial charge in [-0.3, -0.25) is 14.5 Å². The first kappa shape index (κ1) is 33.4. The SMILES string of the molecule is CC.CC[C@@H](C)N(C(=O)c1ccc(-c2cc(C(=O)CN3CCC(O)C3)ccc2F)c(OCCCOC)c1)C(C)C. The lowest BCUT2D eigenvalue weighted by Gasteiger charge is -2.32. The van der Waals surface area contributed by atoms with Gasteiger partial charge in [0.1, 0.15) is 11.6 Å². The number of ketones is 1. The number of nitrogens with zero attached hydrogens (tertiary/aromatic N) is 2. The first-order chi connectivity index (χ1) is 19.2. The zero-order valence-corrected chi connectivity index (χ0v) is 25.2. The van der Waals surface area contributed by atoms with E-state index in [1.54, 1.807) is 31.4 Å². The topological polar surface area (TPSA) is 79.3 Å². The van der Waals surface area contributed by atoms with Gasteiger partial charge in [0.05, 0.1) is 19.3 Å². The van der Waals surface area contributed by atoms with Crippen LogP contribution in [-0.2, 0) is 4.74 Å². The number of rotatable bonds is 13. The number of benzene rings is 2. The van der Waals surface area contributed by atoms with Crippen LogP contribution in [0, 0.1) is 5.82 Å². The van der Waals surface area contributed by atoms with Crippen molar-refractivity contribution in [2.45, 2.75) is 79.0 Å². The molecule has 0 bridgehead atoms. The Morgan fingerprint density at radius 3 is 2.38 bits per heavy atom. The summed E-state index contributed by atoms with van der Waals surface area (Å²) in [5.74, 6) is -0.357. The second kappa shape index (κ2) is 16.5. The first-order valence-electron chi connectivity index (χ1n) is 14.5. The fourth-order valence-corrected chi connectivity index (χ4v) is 4.83. The van der Waals surface area contributed by atoms with Crippen molar-refractivity contribution < 1.29 is 28.6 Å². The van der Waals surface area contributed by atoms with E-state index >= 15 is 4.39 Å². The number of hydrogen-bond donors (Lipinski definition) is 1. The molecular formula is C32H47FN2O5. The Balaban J connectivity index is 0.00000274. The molecule has 1 N–H and O–H groups in total. The summed E-state index contributed by atoms with van der Waals surface area (Å²) in [5.41, 5.74) is 1.56. The number of carbonyl (C=O) groups is 2. The molecule has 7 nitrogen and oxygen atoms in total. The van der Waals surface area contributed by atoms with E-state index in [1.807, 2.05) is 51.3 Å². The van der Waals surface area contributed by atoms with Crippen LogP contribution in [-0.4, -0.2) is 84.7 Å². The van der Waals surface area contributed by atoms with Crippen molar-refractivity contribution in [3.05, 3.63) is 53.3 Å². The number of hydrogen-bond acceptors (Lipinski definition) is 6. The minimum Gasteiger partial charge on any atom is -0.493 e. The van der Waals surface area contributed by atoms with E-state index in [2.05, 4.69) is 0 Å². The van der Waals surface area contributed by atoms with E-state index in [0.29, 0.717) is 61.6 Å². The highest BCUT2D eigenvalue weighted by molar-refractivity contribution is 5.99. The largest absolute Gasteiger partial charge is 0.493 e. The molecule has 1 aliphatic heterocycles. The molecule has 1 saturated heterocycles. The monoisotopic (exact) mass is 558 g/mol. The maximum atomic E-state index is 15.1. The van der Waals surface area contributed by atoms with Crippen LogP contribution in [0.1, 0.15) is 81.5 Å². The van der Waals surface area contributed by atoms with Crippen LogP contribution in [0.2, 0.25) is 0 Å². The fraction of sp³-hybridized carbons (Fsp3) is 0.562. The third-order valence-corrected chi connectivity index (χ3v) is 7.03. The number of methoxy groups -OCH3 is 1. The van der Waals surface area contributed by atoms with E-state index in [4.69, 9.17) is 9.47 Å². The molecule has 0 radical (unpaired) electrons. The Labute approximate surface area is 239 Å². The number of Topliss-reactive ketones (excluding diaryl/α,β-unsaturated/α-hetero) is 1. The number of likely N-dealkylation sites (tertiary alicyclic amines) is 1. The summed E-state index contributed by atoms with van der Waals surface area (Å²) in [6.07, 6.45) is 1.67. The van der Waals surface area contributed by atoms with Gasteiger partial charge in [-0.2, -0.15) is 0 Å². The summed E-state index contributed by atoms with van der Waals surface area (Å²) in [5, 5.41) is 9.77. The van der Waals surface area contributed by atoms with Crippen LogP contribution in [0.15, 0.2) is 36.4 Å². The Hall–Kier alpha value is -2.81. The summed E-state index contributed by atoms with van der Waals surface area (Å²) < 4.78 is 26.3. The molecule has 0 saturated carbocycles. The van der Waals surface area contributed by atoms with Gasteiger partial charge in [0, 0.05) is 67.6 Å². The molecule has 222 valence electrons. The number of carbonyl (C=O) groups excluding carboxylic acids is 2. The van der Waals surface area contributed by atoms with Crippen molar-refractivity contribution in [3.63, 3.8) is 0 Å². The van der Waals surface area contributed by atoms with Gasteiger partial charge in [-0.15, -0.1) is 0 Å². The van der Waals surface area contributed by atoms with E-state index in [9.17, 15) is 14.7 Å². The smallest absolute Gasteiger partial charge is 0.254 e. The second-order valence-corrected chi connectivity index (χ2v) is 10.3. The molecule has 1 unspecified atom stereocenters. The summed E-state index contributed by atoms with van der Waals surface area (Å²) in [7, 11) is 1.61. The van der Waals surface area contributed by atoms with E-state index in [1.165, 1.54) is 12.1 Å². The predicted octanol–water partition coefficient (Wildman–Crippen LogP) is 5.83. The minimum atomic E-state index is -0.484. The highest BCUT2D eigenvalue weighted by Crippen LogP contribution is 2.34. The Kier molecular flexibility index (Phi) is 13.7. The molecule has 1 heterocycles. The molecule has 0 aliphatic carbocycles. The number of β-amino-alcohol motifs (C(OH)–C–C–N with tert-alkyl or cyclic N) is 1. The van der Waals surface area contributed by atoms with Gasteiger partial charge in [-0.25, -0.2) is 4.39 Å². The highest BCUT2D eigenvalue weighted by Gasteiger charge is 2.26. The van der Waals surface area contributed by atoms with Crippen molar-refractivity contribution in [1.29, 1.82) is 0 Å². The predicted molar refractivity (Wildman–Crippen MR) is 158 cm³/mol. The summed E-state index contributed by atoms with van der Waals surface area (Å²) in [6, 6.07) is 9.44. The maximum Gasteiger partial charge on any atom is 0.254 e. The molecule has 2 aromatic rings. The zero-order chi connectivity index (χ0) is 29.8. The Morgan fingerprint density at radius 1 is 1.07 bits per heavy atom. The summed E-state index contributed by atoms with van der Waals surface area (Å²) in [4.78, 5) is 30.2. The maximum absolute atomic E-state index is 15.1. The van der Waals surface area contributed by atoms with Gasteiger partial charge in [0.25, 0.3) is 5.91 Å². The summed E-state index contributed by atoms with van der Waals surface area (Å²) >= 11 is 0. The molecule has 40 heavy (non-hydrogen) atoms. The van der Waals surface area contributed by atoms with E-state index in [0.717, 1.165) is 6.42 Å². The van der Waals surface area contributed by atoms with Gasteiger partial charge in [-0.05, 0) is 70.0 Å². The number of halogens is 1. The van der Waals surface area contributed by atoms with Crippen LogP contribution < -0.4 is 4.74 Å². The Bertz CT molecular complexity index is 1110. The van der Waals surface area contributed by atoms with Gasteiger partial charge >= 0.3 is 0 Å². The number of aliphatic hydroxyl groups excluding tert-OH is 1. The van der Waals surface area contributed by atoms with E-state index in [-0.39, 0.29) is 35.9 Å². The molecule has 1 fully saturated rings. The van der Waals surface area contributed by atoms with Crippen molar-refractivity contribution in [1.82, 2.24) is 9.80 Å². The van der Waals surface area contributed by atoms with Crippen molar-refractivity contribution in [2.24, 2.45) is 0 Å². The van der Waals surface area contributed by atoms with Gasteiger partial charge in [0.15, 0.2) is 5.78 Å². The third kappa shape index (κ3) is 8.85. The number of amides is 1. The standard InChI is InChI=1S/C30H41FN2O5.C2H6/c1-6-21(4)33(20(2)3)30(36)23-8-10-25(29(17-23)38-15-7-14-37-5)26-16-22(9-11-27(26)31)28(35)19-32-13-12-24(34)18-32;1-2/h8-11,16-17,20-21,24,34H,6-7,12-15,18-19H2,1-5H3;1-2H3/t21-,24?;/m1./s1. The average molecular weight is 559 g/mol. The first-order valence-corrected chi connectivity index (χ1v) is 14.5. The van der Waals surface area contributed by atoms with Crippen molar-refractivity contribution >= 4 is 11.7 Å². The van der Waals surface area contributed by atoms with Crippen LogP contribution in [0.4, 0.5) is 4.39 Å². The Morgan fingerprint density at radius 2 is 1.77 bits per heavy atom. The fourth-order valence-electron chi connectivity index (χ4n) is 4.83. The number of ether oxygens (including phenoxy) is 2. The lowest BCUT2D eigenvalue weighted by molar-refractivity contribution is 0.0621. The lowest BCUT2D eigenvalue weighted by Crippen LogP contribution is -2.43. The molecule has 2 aromatic carbocycles. The molecule has 2 atom stereocenters. The quantitative estimate of drug-likeness (QED) is 0.246.